The number of carbonyl (C=O) groups is 1. The summed E-state index contributed by atoms with van der Waals surface area (Å²) in [5, 5.41) is 13.5. The molecule has 8 nitrogen and oxygen atoms in total. The number of hydrogen-bond acceptors (Lipinski definition) is 5. The minimum atomic E-state index is -1.06. The van der Waals surface area contributed by atoms with Gasteiger partial charge in [-0.1, -0.05) is 0 Å². The highest BCUT2D eigenvalue weighted by Gasteiger charge is 2.26. The summed E-state index contributed by atoms with van der Waals surface area (Å²) < 4.78 is 8.68. The first-order valence-electron chi connectivity index (χ1n) is 6.55. The standard InChI is InChI=1S/C14H11N5O3/c1-22-8-2-3-10-9(4-8)13-15-6-17-19(13)5-11-12(14(20)21)16-7-18(10)11/h2-4,6-7H,5H2,1H3,(H,20,21). The van der Waals surface area contributed by atoms with Crippen molar-refractivity contribution >= 4 is 5.97 Å². The van der Waals surface area contributed by atoms with Gasteiger partial charge in [0.25, 0.3) is 0 Å². The Morgan fingerprint density at radius 3 is 3.00 bits per heavy atom. The van der Waals surface area contributed by atoms with Gasteiger partial charge in [-0.3, -0.25) is 4.57 Å². The number of imidazole rings is 1. The van der Waals surface area contributed by atoms with Crippen molar-refractivity contribution < 1.29 is 14.6 Å². The van der Waals surface area contributed by atoms with Gasteiger partial charge >= 0.3 is 5.97 Å². The van der Waals surface area contributed by atoms with E-state index in [1.165, 1.54) is 12.7 Å². The smallest absolute Gasteiger partial charge is 0.356 e. The minimum absolute atomic E-state index is 0.0186. The molecule has 3 heterocycles. The molecular formula is C14H11N5O3. The van der Waals surface area contributed by atoms with Crippen LogP contribution in [0.25, 0.3) is 17.1 Å². The second-order valence-corrected chi connectivity index (χ2v) is 4.84. The van der Waals surface area contributed by atoms with Gasteiger partial charge in [-0.2, -0.15) is 5.10 Å². The van der Waals surface area contributed by atoms with Crippen molar-refractivity contribution in [2.45, 2.75) is 6.54 Å². The second-order valence-electron chi connectivity index (χ2n) is 4.84. The molecule has 4 rings (SSSR count). The van der Waals surface area contributed by atoms with E-state index in [4.69, 9.17) is 4.74 Å². The molecule has 0 unspecified atom stereocenters. The molecule has 0 radical (unpaired) electrons. The van der Waals surface area contributed by atoms with Gasteiger partial charge in [-0.25, -0.2) is 19.4 Å². The highest BCUT2D eigenvalue weighted by atomic mass is 16.5. The van der Waals surface area contributed by atoms with Crippen LogP contribution in [0.4, 0.5) is 0 Å². The molecule has 1 N–H and O–H groups in total. The maximum absolute atomic E-state index is 11.4. The van der Waals surface area contributed by atoms with E-state index in [0.717, 1.165) is 11.3 Å². The molecule has 8 heteroatoms. The van der Waals surface area contributed by atoms with Gasteiger partial charge in [0, 0.05) is 5.56 Å². The van der Waals surface area contributed by atoms with Crippen molar-refractivity contribution in [1.29, 1.82) is 0 Å². The lowest BCUT2D eigenvalue weighted by Gasteiger charge is -2.10. The highest BCUT2D eigenvalue weighted by Crippen LogP contribution is 2.33. The number of methoxy groups -OCH3 is 1. The lowest BCUT2D eigenvalue weighted by Crippen LogP contribution is -2.09. The third-order valence-electron chi connectivity index (χ3n) is 3.69. The average molecular weight is 297 g/mol. The number of carboxylic acids is 1. The molecule has 0 bridgehead atoms. The summed E-state index contributed by atoms with van der Waals surface area (Å²) >= 11 is 0. The molecule has 3 aromatic rings. The Labute approximate surface area is 124 Å². The van der Waals surface area contributed by atoms with Crippen LogP contribution >= 0.6 is 0 Å². The van der Waals surface area contributed by atoms with Crippen LogP contribution in [0.15, 0.2) is 30.9 Å². The molecule has 0 spiro atoms. The number of hydrogen-bond donors (Lipinski definition) is 1. The largest absolute Gasteiger partial charge is 0.497 e. The summed E-state index contributed by atoms with van der Waals surface area (Å²) in [5.74, 6) is 0.289. The predicted molar refractivity (Wildman–Crippen MR) is 75.2 cm³/mol. The summed E-state index contributed by atoms with van der Waals surface area (Å²) in [5.41, 5.74) is 2.18. The van der Waals surface area contributed by atoms with Crippen molar-refractivity contribution in [3.05, 3.63) is 42.2 Å². The van der Waals surface area contributed by atoms with E-state index in [0.29, 0.717) is 17.3 Å². The Balaban J connectivity index is 2.06. The zero-order valence-electron chi connectivity index (χ0n) is 11.6. The first-order valence-corrected chi connectivity index (χ1v) is 6.55. The van der Waals surface area contributed by atoms with Crippen LogP contribution in [0.5, 0.6) is 5.75 Å². The monoisotopic (exact) mass is 297 g/mol. The van der Waals surface area contributed by atoms with Gasteiger partial charge < -0.3 is 9.84 Å². The topological polar surface area (TPSA) is 95.1 Å². The number of ether oxygens (including phenoxy) is 1. The molecule has 0 saturated carbocycles. The number of fused-ring (bicyclic) bond motifs is 5. The van der Waals surface area contributed by atoms with Crippen LogP contribution in [0, 0.1) is 0 Å². The zero-order chi connectivity index (χ0) is 15.3. The summed E-state index contributed by atoms with van der Waals surface area (Å²) in [6.45, 7) is 0.286. The summed E-state index contributed by atoms with van der Waals surface area (Å²) in [4.78, 5) is 19.7. The number of rotatable bonds is 2. The van der Waals surface area contributed by atoms with Crippen molar-refractivity contribution in [3.63, 3.8) is 0 Å². The summed E-state index contributed by atoms with van der Waals surface area (Å²) in [6, 6.07) is 5.52. The van der Waals surface area contributed by atoms with Crippen LogP contribution < -0.4 is 4.74 Å². The molecule has 0 aliphatic carbocycles. The molecule has 0 atom stereocenters. The molecule has 0 amide bonds. The van der Waals surface area contributed by atoms with E-state index in [-0.39, 0.29) is 12.2 Å². The van der Waals surface area contributed by atoms with Gasteiger partial charge in [-0.15, -0.1) is 0 Å². The first-order chi connectivity index (χ1) is 10.7. The first kappa shape index (κ1) is 12.6. The van der Waals surface area contributed by atoms with E-state index in [9.17, 15) is 9.90 Å². The van der Waals surface area contributed by atoms with Crippen molar-refractivity contribution in [2.75, 3.05) is 7.11 Å². The molecule has 2 aromatic heterocycles. The predicted octanol–water partition coefficient (Wildman–Crippen LogP) is 1.20. The fraction of sp³-hybridized carbons (Fsp3) is 0.143. The number of benzene rings is 1. The highest BCUT2D eigenvalue weighted by molar-refractivity contribution is 5.87. The second kappa shape index (κ2) is 4.42. The minimum Gasteiger partial charge on any atom is -0.497 e. The van der Waals surface area contributed by atoms with E-state index >= 15 is 0 Å². The molecule has 0 saturated heterocycles. The average Bonchev–Trinajstić information content (AvgIpc) is 3.12. The molecule has 22 heavy (non-hydrogen) atoms. The van der Waals surface area contributed by atoms with Gasteiger partial charge in [0.2, 0.25) is 0 Å². The van der Waals surface area contributed by atoms with E-state index < -0.39 is 5.97 Å². The van der Waals surface area contributed by atoms with Crippen LogP contribution in [-0.2, 0) is 6.54 Å². The van der Waals surface area contributed by atoms with Crippen molar-refractivity contribution in [2.24, 2.45) is 0 Å². The maximum atomic E-state index is 11.4. The third-order valence-corrected chi connectivity index (χ3v) is 3.69. The molecule has 0 fully saturated rings. The van der Waals surface area contributed by atoms with Gasteiger partial charge in [0.1, 0.15) is 18.4 Å². The fourth-order valence-electron chi connectivity index (χ4n) is 2.67. The van der Waals surface area contributed by atoms with Crippen molar-refractivity contribution in [3.8, 4) is 22.8 Å². The van der Waals surface area contributed by atoms with Crippen LogP contribution in [0.1, 0.15) is 16.2 Å². The number of aromatic carboxylic acids is 1. The Bertz CT molecular complexity index is 896. The number of nitrogens with zero attached hydrogens (tertiary/aromatic N) is 5. The number of carboxylic acid groups (broad SMARTS) is 1. The Hall–Kier alpha value is -3.16. The van der Waals surface area contributed by atoms with Crippen LogP contribution in [0.3, 0.4) is 0 Å². The zero-order valence-corrected chi connectivity index (χ0v) is 11.6. The lowest BCUT2D eigenvalue weighted by molar-refractivity contribution is 0.0689. The molecule has 1 aromatic carbocycles. The van der Waals surface area contributed by atoms with E-state index in [1.54, 1.807) is 16.4 Å². The number of aromatic nitrogens is 5. The van der Waals surface area contributed by atoms with E-state index in [2.05, 4.69) is 15.1 Å². The fourth-order valence-corrected chi connectivity index (χ4v) is 2.67. The Morgan fingerprint density at radius 2 is 2.23 bits per heavy atom. The molecule has 1 aliphatic heterocycles. The van der Waals surface area contributed by atoms with Crippen LogP contribution in [-0.4, -0.2) is 42.5 Å². The Kier molecular flexibility index (Phi) is 2.52. The summed E-state index contributed by atoms with van der Waals surface area (Å²) in [7, 11) is 1.59. The molecule has 1 aliphatic rings. The molecular weight excluding hydrogens is 286 g/mol. The SMILES string of the molecule is COc1ccc2c(c1)-c1ncnn1Cc1c(C(=O)O)ncn1-2. The maximum Gasteiger partial charge on any atom is 0.356 e. The normalized spacial score (nSPS) is 12.0. The van der Waals surface area contributed by atoms with Crippen molar-refractivity contribution in [1.82, 2.24) is 24.3 Å². The Morgan fingerprint density at radius 1 is 1.36 bits per heavy atom. The summed E-state index contributed by atoms with van der Waals surface area (Å²) in [6.07, 6.45) is 2.96. The third kappa shape index (κ3) is 1.63. The molecule has 110 valence electrons. The van der Waals surface area contributed by atoms with Crippen LogP contribution in [0.2, 0.25) is 0 Å². The van der Waals surface area contributed by atoms with Gasteiger partial charge in [-0.05, 0) is 18.2 Å². The quantitative estimate of drug-likeness (QED) is 0.597. The van der Waals surface area contributed by atoms with E-state index in [1.807, 2.05) is 18.2 Å². The lowest BCUT2D eigenvalue weighted by atomic mass is 10.1. The van der Waals surface area contributed by atoms with Gasteiger partial charge in [0.05, 0.1) is 25.0 Å². The van der Waals surface area contributed by atoms with Gasteiger partial charge in [0.15, 0.2) is 11.5 Å².